The van der Waals surface area contributed by atoms with E-state index in [4.69, 9.17) is 0 Å². The van der Waals surface area contributed by atoms with Crippen molar-refractivity contribution >= 4 is 11.6 Å². The van der Waals surface area contributed by atoms with E-state index >= 15 is 0 Å². The second-order valence-electron chi connectivity index (χ2n) is 5.18. The Hall–Kier alpha value is -2.36. The van der Waals surface area contributed by atoms with Crippen molar-refractivity contribution in [2.24, 2.45) is 0 Å². The van der Waals surface area contributed by atoms with Gasteiger partial charge >= 0.3 is 0 Å². The molecule has 0 spiro atoms. The van der Waals surface area contributed by atoms with Crippen molar-refractivity contribution in [1.82, 2.24) is 10.3 Å². The number of carbonyl (C=O) groups excluding carboxylic acids is 1. The molecule has 0 bridgehead atoms. The molecule has 0 saturated heterocycles. The van der Waals surface area contributed by atoms with E-state index < -0.39 is 0 Å². The first-order valence-electron chi connectivity index (χ1n) is 7.72. The zero-order chi connectivity index (χ0) is 15.9. The molecule has 2 rings (SSSR count). The van der Waals surface area contributed by atoms with Crippen molar-refractivity contribution in [3.63, 3.8) is 0 Å². The zero-order valence-corrected chi connectivity index (χ0v) is 13.4. The number of hydrogen-bond acceptors (Lipinski definition) is 3. The summed E-state index contributed by atoms with van der Waals surface area (Å²) in [6, 6.07) is 13.6. The number of amides is 1. The lowest BCUT2D eigenvalue weighted by Gasteiger charge is -2.20. The molecule has 116 valence electrons. The van der Waals surface area contributed by atoms with Crippen LogP contribution in [-0.2, 0) is 0 Å². The molecule has 0 radical (unpaired) electrons. The average Bonchev–Trinajstić information content (AvgIpc) is 2.57. The Morgan fingerprint density at radius 3 is 2.36 bits per heavy atom. The number of hydrogen-bond donors (Lipinski definition) is 1. The highest BCUT2D eigenvalue weighted by Crippen LogP contribution is 2.14. The summed E-state index contributed by atoms with van der Waals surface area (Å²) < 4.78 is 0. The second kappa shape index (κ2) is 7.59. The smallest absolute Gasteiger partial charge is 0.270 e. The van der Waals surface area contributed by atoms with Crippen LogP contribution in [0.4, 0.5) is 5.69 Å². The number of anilines is 1. The molecule has 4 heteroatoms. The number of rotatable bonds is 6. The van der Waals surface area contributed by atoms with Gasteiger partial charge < -0.3 is 10.2 Å². The first-order chi connectivity index (χ1) is 10.7. The Morgan fingerprint density at radius 1 is 1.14 bits per heavy atom. The van der Waals surface area contributed by atoms with Crippen molar-refractivity contribution in [3.8, 4) is 0 Å². The molecule has 4 nitrogen and oxygen atoms in total. The summed E-state index contributed by atoms with van der Waals surface area (Å²) >= 11 is 0. The summed E-state index contributed by atoms with van der Waals surface area (Å²) in [6.07, 6.45) is 1.76. The summed E-state index contributed by atoms with van der Waals surface area (Å²) in [4.78, 5) is 18.7. The van der Waals surface area contributed by atoms with E-state index in [2.05, 4.69) is 29.0 Å². The number of pyridine rings is 1. The van der Waals surface area contributed by atoms with Gasteiger partial charge in [0.05, 0.1) is 17.9 Å². The fraction of sp³-hybridized carbons (Fsp3) is 0.333. The monoisotopic (exact) mass is 297 g/mol. The summed E-state index contributed by atoms with van der Waals surface area (Å²) in [5, 5.41) is 2.97. The lowest BCUT2D eigenvalue weighted by Crippen LogP contribution is -2.27. The van der Waals surface area contributed by atoms with E-state index in [-0.39, 0.29) is 11.9 Å². The maximum absolute atomic E-state index is 12.3. The minimum absolute atomic E-state index is 0.0436. The van der Waals surface area contributed by atoms with E-state index in [1.807, 2.05) is 43.3 Å². The predicted molar refractivity (Wildman–Crippen MR) is 90.1 cm³/mol. The van der Waals surface area contributed by atoms with Crippen molar-refractivity contribution in [2.45, 2.75) is 26.8 Å². The Labute approximate surface area is 132 Å². The van der Waals surface area contributed by atoms with Crippen LogP contribution in [0.1, 0.15) is 42.9 Å². The highest BCUT2D eigenvalue weighted by atomic mass is 16.1. The van der Waals surface area contributed by atoms with Crippen LogP contribution in [-0.4, -0.2) is 24.0 Å². The van der Waals surface area contributed by atoms with Gasteiger partial charge in [0.15, 0.2) is 0 Å². The van der Waals surface area contributed by atoms with Gasteiger partial charge in [-0.25, -0.2) is 4.98 Å². The topological polar surface area (TPSA) is 45.2 Å². The van der Waals surface area contributed by atoms with Gasteiger partial charge in [0.2, 0.25) is 0 Å². The van der Waals surface area contributed by atoms with E-state index in [0.717, 1.165) is 24.3 Å². The largest absolute Gasteiger partial charge is 0.371 e. The molecule has 1 heterocycles. The summed E-state index contributed by atoms with van der Waals surface area (Å²) in [7, 11) is 0. The Morgan fingerprint density at radius 2 is 1.82 bits per heavy atom. The van der Waals surface area contributed by atoms with Gasteiger partial charge in [-0.3, -0.25) is 4.79 Å². The van der Waals surface area contributed by atoms with E-state index in [0.29, 0.717) is 5.69 Å². The van der Waals surface area contributed by atoms with Crippen LogP contribution >= 0.6 is 0 Å². The van der Waals surface area contributed by atoms with E-state index in [1.54, 1.807) is 12.3 Å². The summed E-state index contributed by atoms with van der Waals surface area (Å²) in [5.74, 6) is -0.151. The molecule has 22 heavy (non-hydrogen) atoms. The SMILES string of the molecule is CCN(CC)c1ccc(C(=O)NC(C)c2ccccc2)nc1. The number of aromatic nitrogens is 1. The molecule has 2 aromatic rings. The van der Waals surface area contributed by atoms with Crippen molar-refractivity contribution in [3.05, 3.63) is 59.9 Å². The van der Waals surface area contributed by atoms with Crippen LogP contribution in [0.5, 0.6) is 0 Å². The van der Waals surface area contributed by atoms with Crippen LogP contribution in [0, 0.1) is 0 Å². The summed E-state index contributed by atoms with van der Waals surface area (Å²) in [5.41, 5.74) is 2.56. The fourth-order valence-electron chi connectivity index (χ4n) is 2.39. The quantitative estimate of drug-likeness (QED) is 0.888. The molecule has 0 aliphatic rings. The first kappa shape index (κ1) is 16.0. The molecule has 0 fully saturated rings. The minimum atomic E-state index is -0.151. The van der Waals surface area contributed by atoms with Gasteiger partial charge in [-0.1, -0.05) is 30.3 Å². The minimum Gasteiger partial charge on any atom is -0.371 e. The maximum Gasteiger partial charge on any atom is 0.270 e. The Bertz CT molecular complexity index is 591. The van der Waals surface area contributed by atoms with Crippen LogP contribution in [0.2, 0.25) is 0 Å². The van der Waals surface area contributed by atoms with Crippen molar-refractivity contribution in [2.75, 3.05) is 18.0 Å². The molecule has 0 aliphatic carbocycles. The molecule has 1 aromatic carbocycles. The Balaban J connectivity index is 2.04. The molecule has 1 unspecified atom stereocenters. The van der Waals surface area contributed by atoms with Crippen LogP contribution in [0.25, 0.3) is 0 Å². The molecule has 1 N–H and O–H groups in total. The third-order valence-corrected chi connectivity index (χ3v) is 3.76. The maximum atomic E-state index is 12.3. The molecule has 0 saturated carbocycles. The molecular formula is C18H23N3O. The number of nitrogens with zero attached hydrogens (tertiary/aromatic N) is 2. The van der Waals surface area contributed by atoms with Crippen LogP contribution in [0.3, 0.4) is 0 Å². The van der Waals surface area contributed by atoms with Gasteiger partial charge in [0.1, 0.15) is 5.69 Å². The fourth-order valence-corrected chi connectivity index (χ4v) is 2.39. The van der Waals surface area contributed by atoms with E-state index in [1.165, 1.54) is 0 Å². The average molecular weight is 297 g/mol. The number of benzene rings is 1. The van der Waals surface area contributed by atoms with Gasteiger partial charge in [-0.05, 0) is 38.5 Å². The van der Waals surface area contributed by atoms with Gasteiger partial charge in [0, 0.05) is 13.1 Å². The van der Waals surface area contributed by atoms with Gasteiger partial charge in [-0.15, -0.1) is 0 Å². The predicted octanol–water partition coefficient (Wildman–Crippen LogP) is 3.42. The van der Waals surface area contributed by atoms with Gasteiger partial charge in [-0.2, -0.15) is 0 Å². The highest BCUT2D eigenvalue weighted by molar-refractivity contribution is 5.92. The zero-order valence-electron chi connectivity index (χ0n) is 13.4. The Kier molecular flexibility index (Phi) is 5.53. The van der Waals surface area contributed by atoms with Gasteiger partial charge in [0.25, 0.3) is 5.91 Å². The van der Waals surface area contributed by atoms with Crippen LogP contribution in [0.15, 0.2) is 48.7 Å². The molecule has 1 atom stereocenters. The highest BCUT2D eigenvalue weighted by Gasteiger charge is 2.12. The molecule has 0 aliphatic heterocycles. The van der Waals surface area contributed by atoms with Crippen molar-refractivity contribution in [1.29, 1.82) is 0 Å². The van der Waals surface area contributed by atoms with Crippen LogP contribution < -0.4 is 10.2 Å². The third-order valence-electron chi connectivity index (χ3n) is 3.76. The summed E-state index contributed by atoms with van der Waals surface area (Å²) in [6.45, 7) is 8.03. The lowest BCUT2D eigenvalue weighted by molar-refractivity contribution is 0.0935. The lowest BCUT2D eigenvalue weighted by atomic mass is 10.1. The van der Waals surface area contributed by atoms with E-state index in [9.17, 15) is 4.79 Å². The third kappa shape index (κ3) is 3.85. The standard InChI is InChI=1S/C18H23N3O/c1-4-21(5-2)16-11-12-17(19-13-16)18(22)20-14(3)15-9-7-6-8-10-15/h6-14H,4-5H2,1-3H3,(H,20,22). The van der Waals surface area contributed by atoms with Crippen molar-refractivity contribution < 1.29 is 4.79 Å². The number of nitrogens with one attached hydrogen (secondary N) is 1. The first-order valence-corrected chi connectivity index (χ1v) is 7.72. The second-order valence-corrected chi connectivity index (χ2v) is 5.18. The molecular weight excluding hydrogens is 274 g/mol. The molecule has 1 aromatic heterocycles. The normalized spacial score (nSPS) is 11.8. The number of carbonyl (C=O) groups is 1. The molecule has 1 amide bonds.